The Labute approximate surface area is 133 Å². The summed E-state index contributed by atoms with van der Waals surface area (Å²) in [7, 11) is 1.64. The summed E-state index contributed by atoms with van der Waals surface area (Å²) in [5.74, 6) is 1.61. The van der Waals surface area contributed by atoms with Crippen molar-refractivity contribution < 1.29 is 18.9 Å². The van der Waals surface area contributed by atoms with Gasteiger partial charge in [0.2, 0.25) is 0 Å². The first kappa shape index (κ1) is 15.6. The summed E-state index contributed by atoms with van der Waals surface area (Å²) in [6, 6.07) is 3.97. The van der Waals surface area contributed by atoms with E-state index in [1.54, 1.807) is 7.11 Å². The monoisotopic (exact) mass is 390 g/mol. The van der Waals surface area contributed by atoms with E-state index in [0.29, 0.717) is 13.2 Å². The number of ether oxygens (including phenoxy) is 4. The van der Waals surface area contributed by atoms with Gasteiger partial charge in [-0.05, 0) is 48.6 Å². The van der Waals surface area contributed by atoms with Gasteiger partial charge in [-0.15, -0.1) is 0 Å². The third-order valence-corrected chi connectivity index (χ3v) is 3.67. The minimum Gasteiger partial charge on any atom is -0.483 e. The summed E-state index contributed by atoms with van der Waals surface area (Å²) in [6.45, 7) is 5.34. The highest BCUT2D eigenvalue weighted by Gasteiger charge is 2.22. The summed E-state index contributed by atoms with van der Waals surface area (Å²) in [6.07, 6.45) is 4.14. The van der Waals surface area contributed by atoms with Crippen LogP contribution < -0.4 is 9.47 Å². The van der Waals surface area contributed by atoms with Gasteiger partial charge in [-0.3, -0.25) is 0 Å². The molecule has 0 fully saturated rings. The SMILES string of the molecule is COCCOCOc1cc2c(cc1I)C=CC(C)(C)O2. The molecule has 1 aliphatic heterocycles. The van der Waals surface area contributed by atoms with Crippen molar-refractivity contribution in [2.45, 2.75) is 19.4 Å². The van der Waals surface area contributed by atoms with Crippen LogP contribution in [0.4, 0.5) is 0 Å². The van der Waals surface area contributed by atoms with Crippen LogP contribution in [-0.2, 0) is 9.47 Å². The van der Waals surface area contributed by atoms with Gasteiger partial charge in [-0.25, -0.2) is 0 Å². The van der Waals surface area contributed by atoms with E-state index in [2.05, 4.69) is 34.7 Å². The molecule has 0 spiro atoms. The Kier molecular flexibility index (Phi) is 5.29. The van der Waals surface area contributed by atoms with E-state index in [9.17, 15) is 0 Å². The fourth-order valence-corrected chi connectivity index (χ4v) is 2.44. The zero-order valence-electron chi connectivity index (χ0n) is 11.9. The fourth-order valence-electron chi connectivity index (χ4n) is 1.79. The van der Waals surface area contributed by atoms with Crippen molar-refractivity contribution in [1.29, 1.82) is 0 Å². The molecule has 110 valence electrons. The largest absolute Gasteiger partial charge is 0.483 e. The van der Waals surface area contributed by atoms with E-state index >= 15 is 0 Å². The molecule has 0 radical (unpaired) electrons. The topological polar surface area (TPSA) is 36.9 Å². The normalized spacial score (nSPS) is 15.6. The zero-order valence-corrected chi connectivity index (χ0v) is 14.1. The first-order chi connectivity index (χ1) is 9.52. The maximum Gasteiger partial charge on any atom is 0.189 e. The second-order valence-corrected chi connectivity index (χ2v) is 6.18. The van der Waals surface area contributed by atoms with Gasteiger partial charge >= 0.3 is 0 Å². The van der Waals surface area contributed by atoms with Crippen LogP contribution in [0.1, 0.15) is 19.4 Å². The van der Waals surface area contributed by atoms with Crippen LogP contribution >= 0.6 is 22.6 Å². The minimum absolute atomic E-state index is 0.206. The van der Waals surface area contributed by atoms with Crippen molar-refractivity contribution in [2.75, 3.05) is 27.1 Å². The second kappa shape index (κ2) is 6.78. The molecule has 0 aromatic heterocycles. The summed E-state index contributed by atoms with van der Waals surface area (Å²) in [5, 5.41) is 0. The third kappa shape index (κ3) is 4.10. The highest BCUT2D eigenvalue weighted by atomic mass is 127. The molecular weight excluding hydrogens is 371 g/mol. The lowest BCUT2D eigenvalue weighted by molar-refractivity contribution is -0.00900. The Balaban J connectivity index is 2.03. The van der Waals surface area contributed by atoms with Gasteiger partial charge in [-0.1, -0.05) is 6.08 Å². The first-order valence-electron chi connectivity index (χ1n) is 6.43. The van der Waals surface area contributed by atoms with Gasteiger partial charge in [0.1, 0.15) is 17.1 Å². The van der Waals surface area contributed by atoms with Crippen LogP contribution in [0.15, 0.2) is 18.2 Å². The van der Waals surface area contributed by atoms with Crippen LogP contribution in [0, 0.1) is 3.57 Å². The molecular formula is C15H19IO4. The molecule has 0 bridgehead atoms. The lowest BCUT2D eigenvalue weighted by Gasteiger charge is -2.28. The number of methoxy groups -OCH3 is 1. The molecule has 2 rings (SSSR count). The van der Waals surface area contributed by atoms with Gasteiger partial charge in [0.05, 0.1) is 16.8 Å². The molecule has 0 saturated heterocycles. The average molecular weight is 390 g/mol. The highest BCUT2D eigenvalue weighted by molar-refractivity contribution is 14.1. The van der Waals surface area contributed by atoms with Crippen molar-refractivity contribution in [1.82, 2.24) is 0 Å². The highest BCUT2D eigenvalue weighted by Crippen LogP contribution is 2.36. The quantitative estimate of drug-likeness (QED) is 0.424. The van der Waals surface area contributed by atoms with Crippen LogP contribution in [0.3, 0.4) is 0 Å². The van der Waals surface area contributed by atoms with Crippen molar-refractivity contribution in [3.05, 3.63) is 27.3 Å². The first-order valence-corrected chi connectivity index (χ1v) is 7.51. The van der Waals surface area contributed by atoms with Gasteiger partial charge < -0.3 is 18.9 Å². The summed E-state index contributed by atoms with van der Waals surface area (Å²) >= 11 is 2.25. The van der Waals surface area contributed by atoms with Crippen LogP contribution in [0.5, 0.6) is 11.5 Å². The Hall–Kier alpha value is -0.790. The third-order valence-electron chi connectivity index (χ3n) is 2.83. The van der Waals surface area contributed by atoms with Crippen molar-refractivity contribution in [3.63, 3.8) is 0 Å². The lowest BCUT2D eigenvalue weighted by atomic mass is 10.0. The lowest BCUT2D eigenvalue weighted by Crippen LogP contribution is -2.27. The molecule has 4 nitrogen and oxygen atoms in total. The minimum atomic E-state index is -0.286. The fraction of sp³-hybridized carbons (Fsp3) is 0.467. The van der Waals surface area contributed by atoms with Gasteiger partial charge in [0.25, 0.3) is 0 Å². The number of fused-ring (bicyclic) bond motifs is 1. The smallest absolute Gasteiger partial charge is 0.189 e. The van der Waals surface area contributed by atoms with Crippen LogP contribution in [0.2, 0.25) is 0 Å². The molecule has 20 heavy (non-hydrogen) atoms. The molecule has 1 heterocycles. The molecule has 0 saturated carbocycles. The molecule has 5 heteroatoms. The van der Waals surface area contributed by atoms with E-state index in [-0.39, 0.29) is 12.4 Å². The van der Waals surface area contributed by atoms with Crippen molar-refractivity contribution in [3.8, 4) is 11.5 Å². The summed E-state index contributed by atoms with van der Waals surface area (Å²) in [5.41, 5.74) is 0.785. The predicted molar refractivity (Wildman–Crippen MR) is 86.2 cm³/mol. The van der Waals surface area contributed by atoms with Crippen molar-refractivity contribution in [2.24, 2.45) is 0 Å². The molecule has 0 aliphatic carbocycles. The Bertz CT molecular complexity index is 497. The molecule has 0 amide bonds. The van der Waals surface area contributed by atoms with Crippen molar-refractivity contribution >= 4 is 28.7 Å². The Morgan fingerprint density at radius 3 is 2.80 bits per heavy atom. The number of halogens is 1. The van der Waals surface area contributed by atoms with Gasteiger partial charge in [0.15, 0.2) is 6.79 Å². The van der Waals surface area contributed by atoms with E-state index in [1.165, 1.54) is 0 Å². The average Bonchev–Trinajstić information content (AvgIpc) is 2.39. The number of benzene rings is 1. The van der Waals surface area contributed by atoms with E-state index < -0.39 is 0 Å². The van der Waals surface area contributed by atoms with Crippen LogP contribution in [-0.4, -0.2) is 32.7 Å². The van der Waals surface area contributed by atoms with E-state index in [1.807, 2.05) is 26.0 Å². The van der Waals surface area contributed by atoms with Gasteiger partial charge in [0, 0.05) is 18.7 Å². The molecule has 1 aliphatic rings. The summed E-state index contributed by atoms with van der Waals surface area (Å²) < 4.78 is 22.8. The maximum atomic E-state index is 5.93. The Morgan fingerprint density at radius 2 is 2.05 bits per heavy atom. The van der Waals surface area contributed by atoms with Gasteiger partial charge in [-0.2, -0.15) is 0 Å². The molecule has 0 unspecified atom stereocenters. The number of hydrogen-bond donors (Lipinski definition) is 0. The maximum absolute atomic E-state index is 5.93. The van der Waals surface area contributed by atoms with Crippen LogP contribution in [0.25, 0.3) is 6.08 Å². The van der Waals surface area contributed by atoms with E-state index in [4.69, 9.17) is 18.9 Å². The summed E-state index contributed by atoms with van der Waals surface area (Å²) in [4.78, 5) is 0. The number of rotatable bonds is 6. The Morgan fingerprint density at radius 1 is 1.25 bits per heavy atom. The molecule has 0 atom stereocenters. The van der Waals surface area contributed by atoms with E-state index in [0.717, 1.165) is 20.6 Å². The second-order valence-electron chi connectivity index (χ2n) is 5.02. The standard InChI is InChI=1S/C15H19IO4/c1-15(2)5-4-11-8-12(16)14(9-13(11)20-15)19-10-18-7-6-17-3/h4-5,8-9H,6-7,10H2,1-3H3. The number of hydrogen-bond acceptors (Lipinski definition) is 4. The molecule has 1 aromatic carbocycles. The predicted octanol–water partition coefficient (Wildman–Crippen LogP) is 3.47. The molecule has 1 aromatic rings. The molecule has 0 N–H and O–H groups in total. The zero-order chi connectivity index (χ0) is 14.6.